The third kappa shape index (κ3) is 5.21. The van der Waals surface area contributed by atoms with Gasteiger partial charge in [-0.05, 0) is 32.8 Å². The molecule has 2 rings (SSSR count). The van der Waals surface area contributed by atoms with Crippen LogP contribution in [0.1, 0.15) is 19.6 Å². The van der Waals surface area contributed by atoms with Crippen molar-refractivity contribution < 1.29 is 24.9 Å². The maximum absolute atomic E-state index is 12.7. The second-order valence-electron chi connectivity index (χ2n) is 7.69. The molecule has 28 heavy (non-hydrogen) atoms. The quantitative estimate of drug-likeness (QED) is 0.384. The van der Waals surface area contributed by atoms with Gasteiger partial charge in [0.1, 0.15) is 18.2 Å². The smallest absolute Gasteiger partial charge is 0.334 e. The molecule has 11 heteroatoms. The maximum Gasteiger partial charge on any atom is 0.334 e. The summed E-state index contributed by atoms with van der Waals surface area (Å²) in [5.41, 5.74) is -1.40. The van der Waals surface area contributed by atoms with Crippen LogP contribution in [-0.2, 0) is 16.2 Å². The topological polar surface area (TPSA) is 143 Å². The summed E-state index contributed by atoms with van der Waals surface area (Å²) in [4.78, 5) is 35.6. The molecule has 1 unspecified atom stereocenters. The molecule has 5 atom stereocenters. The fraction of sp³-hybridized carbons (Fsp3) is 0.647. The summed E-state index contributed by atoms with van der Waals surface area (Å²) in [6, 6.07) is 0.156. The van der Waals surface area contributed by atoms with Gasteiger partial charge in [-0.15, -0.1) is 13.2 Å². The van der Waals surface area contributed by atoms with E-state index in [-0.39, 0.29) is 6.67 Å². The third-order valence-electron chi connectivity index (χ3n) is 4.65. The number of aromatic nitrogens is 2. The Balaban J connectivity index is 2.24. The van der Waals surface area contributed by atoms with Crippen LogP contribution in [-0.4, -0.2) is 80.6 Å². The van der Waals surface area contributed by atoms with E-state index in [0.717, 1.165) is 21.4 Å². The van der Waals surface area contributed by atoms with Gasteiger partial charge in [-0.2, -0.15) is 0 Å². The van der Waals surface area contributed by atoms with Gasteiger partial charge in [0.15, 0.2) is 6.23 Å². The fourth-order valence-electron chi connectivity index (χ4n) is 2.86. The Labute approximate surface area is 162 Å². The first kappa shape index (κ1) is 22.6. The summed E-state index contributed by atoms with van der Waals surface area (Å²) < 4.78 is 7.57. The van der Waals surface area contributed by atoms with Gasteiger partial charge in [-0.25, -0.2) is 9.36 Å². The van der Waals surface area contributed by atoms with Gasteiger partial charge in [0.05, 0.1) is 12.8 Å². The van der Waals surface area contributed by atoms with Crippen molar-refractivity contribution in [1.29, 1.82) is 0 Å². The van der Waals surface area contributed by atoms with Crippen molar-refractivity contribution >= 4 is 19.2 Å². The molecule has 1 aromatic rings. The van der Waals surface area contributed by atoms with Gasteiger partial charge in [0.25, 0.3) is 5.56 Å². The second kappa shape index (κ2) is 8.75. The molecule has 4 N–H and O–H groups in total. The molecule has 0 aromatic carbocycles. The predicted molar refractivity (Wildman–Crippen MR) is 106 cm³/mol. The number of hydrogen-bond donors (Lipinski definition) is 4. The number of ether oxygens (including phenoxy) is 1. The number of aliphatic hydroxyl groups is 2. The number of hydrogen-bond acceptors (Lipinski definition) is 7. The second-order valence-corrected chi connectivity index (χ2v) is 12.0. The number of aliphatic hydroxyl groups excluding tert-OH is 2. The van der Waals surface area contributed by atoms with E-state index in [4.69, 9.17) is 9.84 Å². The number of rotatable bonds is 8. The highest BCUT2D eigenvalue weighted by atomic mass is 31.2. The molecular weight excluding hydrogens is 389 g/mol. The molecule has 10 nitrogen and oxygen atoms in total. The van der Waals surface area contributed by atoms with Crippen LogP contribution in [0.4, 0.5) is 0 Å². The van der Waals surface area contributed by atoms with Crippen molar-refractivity contribution in [2.24, 2.45) is 0 Å². The first-order valence-corrected chi connectivity index (χ1v) is 11.9. The monoisotopic (exact) mass is 417 g/mol. The van der Waals surface area contributed by atoms with Gasteiger partial charge >= 0.3 is 11.7 Å². The number of carboxylic acids is 1. The molecule has 1 fully saturated rings. The lowest BCUT2D eigenvalue weighted by atomic mass is 10.1. The Morgan fingerprint density at radius 1 is 1.36 bits per heavy atom. The van der Waals surface area contributed by atoms with Gasteiger partial charge in [0, 0.05) is 12.3 Å². The molecular formula is C17H28N3O7P. The van der Waals surface area contributed by atoms with E-state index in [1.165, 1.54) is 13.1 Å². The van der Waals surface area contributed by atoms with Crippen LogP contribution >= 0.6 is 6.89 Å². The molecule has 0 saturated carbocycles. The first-order valence-electron chi connectivity index (χ1n) is 8.89. The number of carboxylic acid groups (broad SMARTS) is 1. The van der Waals surface area contributed by atoms with Crippen LogP contribution in [0, 0.1) is 0 Å². The molecule has 158 valence electrons. The van der Waals surface area contributed by atoms with Crippen LogP contribution in [0.15, 0.2) is 21.9 Å². The largest absolute Gasteiger partial charge is 0.480 e. The number of nitrogens with zero attached hydrogens (tertiary/aromatic N) is 2. The van der Waals surface area contributed by atoms with Crippen molar-refractivity contribution in [3.05, 3.63) is 33.1 Å². The Hall–Kier alpha value is -1.71. The average Bonchev–Trinajstić information content (AvgIpc) is 2.87. The molecule has 0 bridgehead atoms. The van der Waals surface area contributed by atoms with Crippen LogP contribution in [0.5, 0.6) is 0 Å². The van der Waals surface area contributed by atoms with Crippen LogP contribution in [0.2, 0.25) is 0 Å². The van der Waals surface area contributed by atoms with E-state index in [1.54, 1.807) is 0 Å². The molecule has 1 aliphatic rings. The molecule has 0 radical (unpaired) electrons. The van der Waals surface area contributed by atoms with E-state index in [1.807, 2.05) is 13.3 Å². The minimum absolute atomic E-state index is 0.319. The Bertz CT molecular complexity index is 874. The number of carbonyl (C=O) groups is 1. The normalized spacial score (nSPS) is 26.3. The Kier molecular flexibility index (Phi) is 7.06. The SMILES string of the molecule is C=P(C)(C)CC[C@H]1O[C@@H](n2ccc(=O)n(CNC(C)C(=O)O)c2=O)[C@H](O)[C@@H]1O. The average molecular weight is 417 g/mol. The van der Waals surface area contributed by atoms with E-state index in [0.29, 0.717) is 6.42 Å². The zero-order valence-corrected chi connectivity index (χ0v) is 17.1. The van der Waals surface area contributed by atoms with Crippen molar-refractivity contribution in [2.75, 3.05) is 19.5 Å². The summed E-state index contributed by atoms with van der Waals surface area (Å²) >= 11 is 0. The summed E-state index contributed by atoms with van der Waals surface area (Å²) in [6.07, 6.45) is 2.22. The fourth-order valence-corrected chi connectivity index (χ4v) is 3.81. The lowest BCUT2D eigenvalue weighted by molar-refractivity contribution is -0.139. The van der Waals surface area contributed by atoms with E-state index in [9.17, 15) is 24.6 Å². The molecule has 0 spiro atoms. The molecule has 1 aromatic heterocycles. The molecule has 1 aliphatic heterocycles. The zero-order valence-electron chi connectivity index (χ0n) is 16.2. The molecule has 1 saturated heterocycles. The van der Waals surface area contributed by atoms with Crippen LogP contribution in [0.3, 0.4) is 0 Å². The van der Waals surface area contributed by atoms with Crippen LogP contribution in [0.25, 0.3) is 0 Å². The number of aliphatic carboxylic acids is 1. The summed E-state index contributed by atoms with van der Waals surface area (Å²) in [5, 5.41) is 32.1. The zero-order chi connectivity index (χ0) is 21.2. The van der Waals surface area contributed by atoms with Crippen LogP contribution < -0.4 is 16.6 Å². The van der Waals surface area contributed by atoms with Crippen molar-refractivity contribution in [3.8, 4) is 0 Å². The summed E-state index contributed by atoms with van der Waals surface area (Å²) in [6.45, 7) is 3.81. The maximum atomic E-state index is 12.7. The lowest BCUT2D eigenvalue weighted by Gasteiger charge is -2.20. The highest BCUT2D eigenvalue weighted by molar-refractivity contribution is 7.72. The van der Waals surface area contributed by atoms with Gasteiger partial charge < -0.3 is 20.1 Å². The van der Waals surface area contributed by atoms with Crippen molar-refractivity contribution in [3.63, 3.8) is 0 Å². The van der Waals surface area contributed by atoms with E-state index in [2.05, 4.69) is 11.6 Å². The minimum atomic E-state index is -1.35. The minimum Gasteiger partial charge on any atom is -0.480 e. The molecule has 0 amide bonds. The number of nitrogens with one attached hydrogen (secondary N) is 1. The Morgan fingerprint density at radius 2 is 2.00 bits per heavy atom. The van der Waals surface area contributed by atoms with Gasteiger partial charge in [0.2, 0.25) is 0 Å². The standard InChI is InChI=1S/C17H28N3O7P/c1-10(16(24)25)18-9-20-12(21)5-7-19(17(20)26)15-14(23)13(22)11(27-15)6-8-28(2,3)4/h5,7,10-11,13-15,18,22-23H,2,6,8-9H2,1,3-4H3,(H,24,25)/t10?,11-,13-,14-,15-/m1/s1. The highest BCUT2D eigenvalue weighted by Crippen LogP contribution is 2.39. The highest BCUT2D eigenvalue weighted by Gasteiger charge is 2.44. The van der Waals surface area contributed by atoms with Gasteiger partial charge in [-0.1, -0.05) is 0 Å². The van der Waals surface area contributed by atoms with Crippen molar-refractivity contribution in [1.82, 2.24) is 14.5 Å². The molecule has 0 aliphatic carbocycles. The molecule has 2 heterocycles. The van der Waals surface area contributed by atoms with E-state index < -0.39 is 54.7 Å². The Morgan fingerprint density at radius 3 is 2.57 bits per heavy atom. The lowest BCUT2D eigenvalue weighted by Crippen LogP contribution is -2.47. The van der Waals surface area contributed by atoms with Crippen molar-refractivity contribution in [2.45, 2.75) is 50.6 Å². The van der Waals surface area contributed by atoms with Gasteiger partial charge in [-0.3, -0.25) is 19.5 Å². The summed E-state index contributed by atoms with van der Waals surface area (Å²) in [5.74, 6) is -1.12. The first-order chi connectivity index (χ1) is 12.9. The van der Waals surface area contributed by atoms with E-state index >= 15 is 0 Å². The summed E-state index contributed by atoms with van der Waals surface area (Å²) in [7, 11) is 0. The predicted octanol–water partition coefficient (Wildman–Crippen LogP) is -1.25. The third-order valence-corrected chi connectivity index (χ3v) is 6.12.